The molecule has 1 aliphatic carbocycles. The highest BCUT2D eigenvalue weighted by atomic mass is 19.1. The van der Waals surface area contributed by atoms with E-state index in [0.717, 1.165) is 24.8 Å². The van der Waals surface area contributed by atoms with Gasteiger partial charge in [0.1, 0.15) is 23.9 Å². The Labute approximate surface area is 186 Å². The summed E-state index contributed by atoms with van der Waals surface area (Å²) < 4.78 is 15.2. The third-order valence-corrected chi connectivity index (χ3v) is 5.99. The minimum absolute atomic E-state index is 0.0286. The monoisotopic (exact) mass is 437 g/mol. The number of benzene rings is 2. The summed E-state index contributed by atoms with van der Waals surface area (Å²) in [7, 11) is 0. The minimum atomic E-state index is -0.851. The Morgan fingerprint density at radius 2 is 1.88 bits per heavy atom. The summed E-state index contributed by atoms with van der Waals surface area (Å²) in [6, 6.07) is 12.3. The van der Waals surface area contributed by atoms with Crippen molar-refractivity contribution in [3.63, 3.8) is 0 Å². The second kappa shape index (κ2) is 8.68. The summed E-state index contributed by atoms with van der Waals surface area (Å²) in [4.78, 5) is 28.6. The number of hydrogen-bond acceptors (Lipinski definition) is 4. The van der Waals surface area contributed by atoms with Gasteiger partial charge in [-0.2, -0.15) is 0 Å². The van der Waals surface area contributed by atoms with Gasteiger partial charge in [0.2, 0.25) is 11.8 Å². The van der Waals surface area contributed by atoms with Crippen LogP contribution in [0.5, 0.6) is 0 Å². The number of carbonyl (C=O) groups excluding carboxylic acids is 2. The Morgan fingerprint density at radius 3 is 2.53 bits per heavy atom. The van der Waals surface area contributed by atoms with Gasteiger partial charge in [0.05, 0.1) is 5.52 Å². The van der Waals surface area contributed by atoms with Crippen molar-refractivity contribution in [1.29, 1.82) is 0 Å². The summed E-state index contributed by atoms with van der Waals surface area (Å²) in [5.74, 6) is -0.880. The molecular formula is C24H28FN5O2. The molecule has 2 amide bonds. The van der Waals surface area contributed by atoms with E-state index in [9.17, 15) is 14.0 Å². The van der Waals surface area contributed by atoms with Crippen molar-refractivity contribution >= 4 is 22.8 Å². The highest BCUT2D eigenvalue weighted by molar-refractivity contribution is 5.90. The first-order valence-corrected chi connectivity index (χ1v) is 11.0. The molecule has 0 unspecified atom stereocenters. The topological polar surface area (TPSA) is 80.1 Å². The number of fused-ring (bicyclic) bond motifs is 1. The number of nitrogens with zero attached hydrogens (tertiary/aromatic N) is 4. The van der Waals surface area contributed by atoms with Gasteiger partial charge in [0.25, 0.3) is 0 Å². The Bertz CT molecular complexity index is 1120. The molecule has 1 aliphatic rings. The lowest BCUT2D eigenvalue weighted by molar-refractivity contribution is -0.143. The lowest BCUT2D eigenvalue weighted by atomic mass is 9.98. The average molecular weight is 438 g/mol. The van der Waals surface area contributed by atoms with Crippen molar-refractivity contribution < 1.29 is 14.0 Å². The first-order valence-electron chi connectivity index (χ1n) is 11.0. The van der Waals surface area contributed by atoms with E-state index in [-0.39, 0.29) is 30.2 Å². The van der Waals surface area contributed by atoms with Crippen molar-refractivity contribution in [2.45, 2.75) is 64.2 Å². The predicted molar refractivity (Wildman–Crippen MR) is 119 cm³/mol. The Hall–Kier alpha value is -3.29. The SMILES string of the molecule is CCC(C)(C)NC(=O)[C@@H](c1ccc(F)cc1)N(C(=O)Cn1nnc2ccccc21)C1CC1. The normalized spacial score (nSPS) is 14.9. The molecule has 0 spiro atoms. The van der Waals surface area contributed by atoms with Gasteiger partial charge in [-0.3, -0.25) is 9.59 Å². The molecule has 168 valence electrons. The van der Waals surface area contributed by atoms with Gasteiger partial charge >= 0.3 is 0 Å². The standard InChI is InChI=1S/C24H28FN5O2/c1-4-24(2,3)26-23(32)22(16-9-11-17(25)12-10-16)30(18-13-14-18)21(31)15-29-20-8-6-5-7-19(20)27-28-29/h5-12,18,22H,4,13-15H2,1-3H3,(H,26,32)/t22-/m1/s1. The highest BCUT2D eigenvalue weighted by Crippen LogP contribution is 2.35. The minimum Gasteiger partial charge on any atom is -0.349 e. The van der Waals surface area contributed by atoms with Crippen LogP contribution in [0.4, 0.5) is 4.39 Å². The molecule has 1 N–H and O–H groups in total. The summed E-state index contributed by atoms with van der Waals surface area (Å²) >= 11 is 0. The number of amides is 2. The maximum absolute atomic E-state index is 13.6. The molecular weight excluding hydrogens is 409 g/mol. The van der Waals surface area contributed by atoms with E-state index in [1.807, 2.05) is 45.0 Å². The van der Waals surface area contributed by atoms with Crippen LogP contribution in [-0.4, -0.2) is 43.3 Å². The second-order valence-corrected chi connectivity index (χ2v) is 8.95. The van der Waals surface area contributed by atoms with Crippen LogP contribution in [0.3, 0.4) is 0 Å². The molecule has 1 atom stereocenters. The van der Waals surface area contributed by atoms with E-state index in [2.05, 4.69) is 15.6 Å². The zero-order chi connectivity index (χ0) is 22.9. The Kier molecular flexibility index (Phi) is 5.95. The van der Waals surface area contributed by atoms with E-state index in [4.69, 9.17) is 0 Å². The molecule has 3 aromatic rings. The summed E-state index contributed by atoms with van der Waals surface area (Å²) in [5, 5.41) is 11.3. The van der Waals surface area contributed by atoms with Gasteiger partial charge in [-0.25, -0.2) is 9.07 Å². The number of nitrogens with one attached hydrogen (secondary N) is 1. The van der Waals surface area contributed by atoms with Gasteiger partial charge in [0.15, 0.2) is 0 Å². The fraction of sp³-hybridized carbons (Fsp3) is 0.417. The predicted octanol–water partition coefficient (Wildman–Crippen LogP) is 3.61. The fourth-order valence-electron chi connectivity index (χ4n) is 3.73. The summed E-state index contributed by atoms with van der Waals surface area (Å²) in [6.07, 6.45) is 2.38. The van der Waals surface area contributed by atoms with Crippen LogP contribution in [0.15, 0.2) is 48.5 Å². The maximum Gasteiger partial charge on any atom is 0.247 e. The molecule has 1 aromatic heterocycles. The molecule has 2 aromatic carbocycles. The number of para-hydroxylation sites is 1. The van der Waals surface area contributed by atoms with Crippen LogP contribution in [0.2, 0.25) is 0 Å². The van der Waals surface area contributed by atoms with Gasteiger partial charge in [0, 0.05) is 11.6 Å². The average Bonchev–Trinajstić information content (AvgIpc) is 3.53. The van der Waals surface area contributed by atoms with E-state index >= 15 is 0 Å². The quantitative estimate of drug-likeness (QED) is 0.584. The van der Waals surface area contributed by atoms with Crippen molar-refractivity contribution in [2.24, 2.45) is 0 Å². The summed E-state index contributed by atoms with van der Waals surface area (Å²) in [6.45, 7) is 5.85. The lowest BCUT2D eigenvalue weighted by Gasteiger charge is -2.34. The van der Waals surface area contributed by atoms with Crippen LogP contribution in [0, 0.1) is 5.82 Å². The third-order valence-electron chi connectivity index (χ3n) is 5.99. The van der Waals surface area contributed by atoms with Gasteiger partial charge in [-0.05, 0) is 62.9 Å². The lowest BCUT2D eigenvalue weighted by Crippen LogP contribution is -2.51. The molecule has 4 rings (SSSR count). The number of rotatable bonds is 8. The smallest absolute Gasteiger partial charge is 0.247 e. The maximum atomic E-state index is 13.6. The van der Waals surface area contributed by atoms with Gasteiger partial charge in [-0.1, -0.05) is 36.4 Å². The molecule has 0 bridgehead atoms. The highest BCUT2D eigenvalue weighted by Gasteiger charge is 2.42. The van der Waals surface area contributed by atoms with Crippen LogP contribution in [-0.2, 0) is 16.1 Å². The zero-order valence-electron chi connectivity index (χ0n) is 18.6. The third kappa shape index (κ3) is 4.64. The summed E-state index contributed by atoms with van der Waals surface area (Å²) in [5.41, 5.74) is 1.61. The molecule has 0 aliphatic heterocycles. The number of carbonyl (C=O) groups is 2. The van der Waals surface area contributed by atoms with Gasteiger partial charge < -0.3 is 10.2 Å². The molecule has 1 saturated carbocycles. The van der Waals surface area contributed by atoms with Crippen LogP contribution >= 0.6 is 0 Å². The van der Waals surface area contributed by atoms with Gasteiger partial charge in [-0.15, -0.1) is 5.10 Å². The Balaban J connectivity index is 1.68. The van der Waals surface area contributed by atoms with Crippen LogP contribution in [0.1, 0.15) is 51.6 Å². The fourth-order valence-corrected chi connectivity index (χ4v) is 3.73. The first-order chi connectivity index (χ1) is 15.3. The molecule has 0 radical (unpaired) electrons. The molecule has 0 saturated heterocycles. The van der Waals surface area contributed by atoms with Crippen molar-refractivity contribution in [3.8, 4) is 0 Å². The van der Waals surface area contributed by atoms with E-state index in [1.54, 1.807) is 21.7 Å². The molecule has 7 nitrogen and oxygen atoms in total. The number of hydrogen-bond donors (Lipinski definition) is 1. The molecule has 1 fully saturated rings. The molecule has 32 heavy (non-hydrogen) atoms. The second-order valence-electron chi connectivity index (χ2n) is 8.95. The van der Waals surface area contributed by atoms with Crippen molar-refractivity contribution in [3.05, 3.63) is 59.9 Å². The first kappa shape index (κ1) is 21.9. The molecule has 8 heteroatoms. The van der Waals surface area contributed by atoms with Crippen molar-refractivity contribution in [2.75, 3.05) is 0 Å². The van der Waals surface area contributed by atoms with E-state index in [0.29, 0.717) is 11.1 Å². The van der Waals surface area contributed by atoms with E-state index < -0.39 is 11.6 Å². The van der Waals surface area contributed by atoms with Crippen LogP contribution in [0.25, 0.3) is 11.0 Å². The Morgan fingerprint density at radius 1 is 1.19 bits per heavy atom. The van der Waals surface area contributed by atoms with Crippen molar-refractivity contribution in [1.82, 2.24) is 25.2 Å². The van der Waals surface area contributed by atoms with Crippen LogP contribution < -0.4 is 5.32 Å². The van der Waals surface area contributed by atoms with E-state index in [1.165, 1.54) is 12.1 Å². The molecule has 1 heterocycles. The largest absolute Gasteiger partial charge is 0.349 e. The number of aromatic nitrogens is 3. The zero-order valence-corrected chi connectivity index (χ0v) is 18.6. The number of halogens is 1.